The Bertz CT molecular complexity index is 519. The first kappa shape index (κ1) is 15.7. The van der Waals surface area contributed by atoms with Crippen molar-refractivity contribution in [2.24, 2.45) is 5.92 Å². The lowest BCUT2D eigenvalue weighted by Gasteiger charge is -2.38. The summed E-state index contributed by atoms with van der Waals surface area (Å²) in [6, 6.07) is 6.30. The predicted octanol–water partition coefficient (Wildman–Crippen LogP) is 2.90. The van der Waals surface area contributed by atoms with Gasteiger partial charge in [0, 0.05) is 11.6 Å². The molecule has 2 rings (SSSR count). The summed E-state index contributed by atoms with van der Waals surface area (Å²) in [6.07, 6.45) is 6.35. The molecule has 0 bridgehead atoms. The Morgan fingerprint density at radius 2 is 2.10 bits per heavy atom. The van der Waals surface area contributed by atoms with E-state index in [9.17, 15) is 14.3 Å². The summed E-state index contributed by atoms with van der Waals surface area (Å²) in [6.45, 7) is 2.13. The third-order valence-electron chi connectivity index (χ3n) is 4.24. The van der Waals surface area contributed by atoms with Gasteiger partial charge in [-0.05, 0) is 43.7 Å². The van der Waals surface area contributed by atoms with Gasteiger partial charge in [0.25, 0.3) is 0 Å². The number of rotatable bonds is 4. The van der Waals surface area contributed by atoms with E-state index in [0.717, 1.165) is 25.7 Å². The standard InChI is InChI=1S/C17H22FNO2/c1-13-8-10-17(12-20,11-9-13)19-16(21)7-6-14-4-2-3-5-15(14)18/h2-7,13,20H,8-12H2,1H3,(H,19,21). The lowest BCUT2D eigenvalue weighted by atomic mass is 9.77. The van der Waals surface area contributed by atoms with Crippen LogP contribution in [0.3, 0.4) is 0 Å². The van der Waals surface area contributed by atoms with Crippen LogP contribution >= 0.6 is 0 Å². The van der Waals surface area contributed by atoms with Crippen molar-refractivity contribution in [2.75, 3.05) is 6.61 Å². The molecule has 0 radical (unpaired) electrons. The number of halogens is 1. The van der Waals surface area contributed by atoms with E-state index in [1.807, 2.05) is 0 Å². The number of nitrogens with one attached hydrogen (secondary N) is 1. The fourth-order valence-electron chi connectivity index (χ4n) is 2.72. The first-order chi connectivity index (χ1) is 10.0. The van der Waals surface area contributed by atoms with Gasteiger partial charge in [-0.15, -0.1) is 0 Å². The van der Waals surface area contributed by atoms with Crippen LogP contribution in [0.1, 0.15) is 38.2 Å². The average molecular weight is 291 g/mol. The van der Waals surface area contributed by atoms with E-state index in [1.165, 1.54) is 18.2 Å². The van der Waals surface area contributed by atoms with Crippen molar-refractivity contribution >= 4 is 12.0 Å². The third-order valence-corrected chi connectivity index (χ3v) is 4.24. The van der Waals surface area contributed by atoms with Crippen LogP contribution in [0.15, 0.2) is 30.3 Å². The van der Waals surface area contributed by atoms with E-state index in [2.05, 4.69) is 12.2 Å². The second-order valence-corrected chi connectivity index (χ2v) is 5.97. The molecule has 4 heteroatoms. The summed E-state index contributed by atoms with van der Waals surface area (Å²) < 4.78 is 13.5. The van der Waals surface area contributed by atoms with Gasteiger partial charge in [0.2, 0.25) is 5.91 Å². The number of hydrogen-bond acceptors (Lipinski definition) is 2. The summed E-state index contributed by atoms with van der Waals surface area (Å²) in [5.41, 5.74) is -0.147. The minimum absolute atomic E-state index is 0.0565. The molecule has 2 N–H and O–H groups in total. The van der Waals surface area contributed by atoms with E-state index < -0.39 is 5.54 Å². The van der Waals surface area contributed by atoms with E-state index in [0.29, 0.717) is 11.5 Å². The fourth-order valence-corrected chi connectivity index (χ4v) is 2.72. The van der Waals surface area contributed by atoms with Gasteiger partial charge in [0.15, 0.2) is 0 Å². The zero-order valence-corrected chi connectivity index (χ0v) is 12.3. The van der Waals surface area contributed by atoms with Crippen molar-refractivity contribution in [1.82, 2.24) is 5.32 Å². The molecule has 0 atom stereocenters. The van der Waals surface area contributed by atoms with Crippen LogP contribution in [0.25, 0.3) is 6.08 Å². The van der Waals surface area contributed by atoms with Gasteiger partial charge in [-0.3, -0.25) is 4.79 Å². The second-order valence-electron chi connectivity index (χ2n) is 5.97. The number of amides is 1. The normalized spacial score (nSPS) is 26.0. The van der Waals surface area contributed by atoms with Crippen LogP contribution < -0.4 is 5.32 Å². The average Bonchev–Trinajstić information content (AvgIpc) is 2.49. The summed E-state index contributed by atoms with van der Waals surface area (Å²) >= 11 is 0. The summed E-state index contributed by atoms with van der Waals surface area (Å²) in [4.78, 5) is 12.0. The molecule has 0 aliphatic heterocycles. The quantitative estimate of drug-likeness (QED) is 0.838. The maximum Gasteiger partial charge on any atom is 0.244 e. The highest BCUT2D eigenvalue weighted by Gasteiger charge is 2.34. The Balaban J connectivity index is 1.99. The zero-order chi connectivity index (χ0) is 15.3. The molecule has 0 saturated heterocycles. The Kier molecular flexibility index (Phi) is 5.12. The second kappa shape index (κ2) is 6.85. The number of hydrogen-bond donors (Lipinski definition) is 2. The molecule has 1 aliphatic rings. The maximum absolute atomic E-state index is 13.5. The largest absolute Gasteiger partial charge is 0.394 e. The minimum atomic E-state index is -0.525. The Labute approximate surface area is 124 Å². The molecule has 1 aliphatic carbocycles. The summed E-state index contributed by atoms with van der Waals surface area (Å²) in [5, 5.41) is 12.5. The molecule has 0 aromatic heterocycles. The minimum Gasteiger partial charge on any atom is -0.394 e. The van der Waals surface area contributed by atoms with E-state index in [4.69, 9.17) is 0 Å². The predicted molar refractivity (Wildman–Crippen MR) is 81.0 cm³/mol. The molecule has 114 valence electrons. The number of benzene rings is 1. The van der Waals surface area contributed by atoms with Gasteiger partial charge in [-0.1, -0.05) is 25.1 Å². The van der Waals surface area contributed by atoms with Gasteiger partial charge in [0.1, 0.15) is 5.82 Å². The van der Waals surface area contributed by atoms with E-state index in [-0.39, 0.29) is 18.3 Å². The molecule has 1 amide bonds. The summed E-state index contributed by atoms with van der Waals surface area (Å²) in [7, 11) is 0. The zero-order valence-electron chi connectivity index (χ0n) is 12.3. The molecule has 0 heterocycles. The van der Waals surface area contributed by atoms with Crippen molar-refractivity contribution in [1.29, 1.82) is 0 Å². The Hall–Kier alpha value is -1.68. The molecule has 1 fully saturated rings. The van der Waals surface area contributed by atoms with Gasteiger partial charge >= 0.3 is 0 Å². The highest BCUT2D eigenvalue weighted by atomic mass is 19.1. The van der Waals surface area contributed by atoms with Gasteiger partial charge in [0.05, 0.1) is 12.1 Å². The highest BCUT2D eigenvalue weighted by Crippen LogP contribution is 2.31. The first-order valence-corrected chi connectivity index (χ1v) is 7.40. The monoisotopic (exact) mass is 291 g/mol. The van der Waals surface area contributed by atoms with Crippen LogP contribution in [-0.4, -0.2) is 23.2 Å². The molecule has 21 heavy (non-hydrogen) atoms. The number of carbonyl (C=O) groups is 1. The number of carbonyl (C=O) groups excluding carboxylic acids is 1. The van der Waals surface area contributed by atoms with E-state index in [1.54, 1.807) is 18.2 Å². The van der Waals surface area contributed by atoms with Crippen molar-refractivity contribution in [2.45, 2.75) is 38.1 Å². The molecular weight excluding hydrogens is 269 g/mol. The van der Waals surface area contributed by atoms with Crippen molar-refractivity contribution in [3.63, 3.8) is 0 Å². The SMILES string of the molecule is CC1CCC(CO)(NC(=O)C=Cc2ccccc2F)CC1. The number of aliphatic hydroxyl groups excluding tert-OH is 1. The lowest BCUT2D eigenvalue weighted by Crippen LogP contribution is -2.52. The molecular formula is C17H22FNO2. The number of aliphatic hydroxyl groups is 1. The van der Waals surface area contributed by atoms with Crippen LogP contribution in [0.2, 0.25) is 0 Å². The first-order valence-electron chi connectivity index (χ1n) is 7.40. The van der Waals surface area contributed by atoms with Crippen molar-refractivity contribution in [3.8, 4) is 0 Å². The van der Waals surface area contributed by atoms with Crippen LogP contribution in [-0.2, 0) is 4.79 Å². The summed E-state index contributed by atoms with van der Waals surface area (Å²) in [5.74, 6) is -0.0118. The molecule has 3 nitrogen and oxygen atoms in total. The van der Waals surface area contributed by atoms with Crippen LogP contribution in [0, 0.1) is 11.7 Å². The Morgan fingerprint density at radius 3 is 2.71 bits per heavy atom. The molecule has 1 saturated carbocycles. The molecule has 0 unspecified atom stereocenters. The van der Waals surface area contributed by atoms with Gasteiger partial charge < -0.3 is 10.4 Å². The van der Waals surface area contributed by atoms with Gasteiger partial charge in [-0.25, -0.2) is 4.39 Å². The molecule has 0 spiro atoms. The topological polar surface area (TPSA) is 49.3 Å². The van der Waals surface area contributed by atoms with Crippen molar-refractivity contribution in [3.05, 3.63) is 41.7 Å². The fraction of sp³-hybridized carbons (Fsp3) is 0.471. The third kappa shape index (κ3) is 4.14. The Morgan fingerprint density at radius 1 is 1.43 bits per heavy atom. The molecule has 1 aromatic carbocycles. The molecule has 1 aromatic rings. The van der Waals surface area contributed by atoms with Gasteiger partial charge in [-0.2, -0.15) is 0 Å². The van der Waals surface area contributed by atoms with Crippen LogP contribution in [0.4, 0.5) is 4.39 Å². The van der Waals surface area contributed by atoms with E-state index >= 15 is 0 Å². The van der Waals surface area contributed by atoms with Crippen molar-refractivity contribution < 1.29 is 14.3 Å². The maximum atomic E-state index is 13.5. The smallest absolute Gasteiger partial charge is 0.244 e. The van der Waals surface area contributed by atoms with Crippen LogP contribution in [0.5, 0.6) is 0 Å². The lowest BCUT2D eigenvalue weighted by molar-refractivity contribution is -0.119. The highest BCUT2D eigenvalue weighted by molar-refractivity contribution is 5.92.